The minimum absolute atomic E-state index is 0. The van der Waals surface area contributed by atoms with Gasteiger partial charge in [0.05, 0.1) is 24.4 Å². The molecule has 1 atom stereocenters. The van der Waals surface area contributed by atoms with Crippen LogP contribution >= 0.6 is 35.3 Å². The van der Waals surface area contributed by atoms with E-state index in [-0.39, 0.29) is 24.0 Å². The molecule has 0 saturated carbocycles. The van der Waals surface area contributed by atoms with Gasteiger partial charge in [0.15, 0.2) is 5.96 Å². The summed E-state index contributed by atoms with van der Waals surface area (Å²) >= 11 is 1.71. The number of thiazole rings is 1. The molecule has 7 heteroatoms. The summed E-state index contributed by atoms with van der Waals surface area (Å²) in [6, 6.07) is 8.28. The van der Waals surface area contributed by atoms with Gasteiger partial charge in [0.25, 0.3) is 0 Å². The van der Waals surface area contributed by atoms with E-state index in [9.17, 15) is 0 Å². The molecule has 2 aromatic rings. The van der Waals surface area contributed by atoms with Crippen molar-refractivity contribution in [2.45, 2.75) is 39.2 Å². The van der Waals surface area contributed by atoms with E-state index in [1.54, 1.807) is 25.5 Å². The van der Waals surface area contributed by atoms with Gasteiger partial charge in [-0.1, -0.05) is 26.0 Å². The third-order valence-electron chi connectivity index (χ3n) is 4.12. The molecule has 1 aromatic carbocycles. The van der Waals surface area contributed by atoms with E-state index < -0.39 is 0 Å². The fourth-order valence-corrected chi connectivity index (χ4v) is 3.24. The molecule has 0 aliphatic carbocycles. The summed E-state index contributed by atoms with van der Waals surface area (Å²) in [5.74, 6) is 2.18. The zero-order chi connectivity index (χ0) is 18.1. The monoisotopic (exact) mass is 488 g/mol. The summed E-state index contributed by atoms with van der Waals surface area (Å²) in [5, 5.41) is 9.97. The maximum Gasteiger partial charge on any atom is 0.191 e. The molecule has 0 aliphatic rings. The number of aliphatic imine (C=N–C) groups is 1. The van der Waals surface area contributed by atoms with E-state index >= 15 is 0 Å². The van der Waals surface area contributed by atoms with Crippen LogP contribution in [0.4, 0.5) is 0 Å². The van der Waals surface area contributed by atoms with Gasteiger partial charge in [-0.15, -0.1) is 35.3 Å². The maximum atomic E-state index is 5.21. The molecule has 1 heterocycles. The first-order valence-electron chi connectivity index (χ1n) is 8.68. The second kappa shape index (κ2) is 12.1. The van der Waals surface area contributed by atoms with Crippen molar-refractivity contribution in [1.29, 1.82) is 0 Å². The van der Waals surface area contributed by atoms with Gasteiger partial charge in [-0.05, 0) is 36.5 Å². The van der Waals surface area contributed by atoms with E-state index in [0.29, 0.717) is 12.5 Å². The zero-order valence-electron chi connectivity index (χ0n) is 15.9. The second-order valence-corrected chi connectivity index (χ2v) is 6.84. The Balaban J connectivity index is 0.00000338. The molecule has 26 heavy (non-hydrogen) atoms. The van der Waals surface area contributed by atoms with E-state index in [4.69, 9.17) is 4.74 Å². The molecule has 1 unspecified atom stereocenters. The van der Waals surface area contributed by atoms with E-state index in [1.807, 2.05) is 12.1 Å². The molecular formula is C19H29IN4OS. The Hall–Kier alpha value is -1.35. The minimum atomic E-state index is 0. The van der Waals surface area contributed by atoms with Crippen LogP contribution in [0.15, 0.2) is 34.6 Å². The van der Waals surface area contributed by atoms with Crippen molar-refractivity contribution in [3.63, 3.8) is 0 Å². The van der Waals surface area contributed by atoms with Crippen LogP contribution in [0.3, 0.4) is 0 Å². The molecule has 0 saturated heterocycles. The predicted molar refractivity (Wildman–Crippen MR) is 121 cm³/mol. The normalized spacial score (nSPS) is 12.2. The Bertz CT molecular complexity index is 672. The van der Waals surface area contributed by atoms with Crippen molar-refractivity contribution >= 4 is 41.3 Å². The number of rotatable bonds is 8. The number of hydrogen-bond donors (Lipinski definition) is 2. The van der Waals surface area contributed by atoms with Gasteiger partial charge in [0, 0.05) is 19.0 Å². The summed E-state index contributed by atoms with van der Waals surface area (Å²) in [6.07, 6.45) is 2.02. The fraction of sp³-hybridized carbons (Fsp3) is 0.474. The van der Waals surface area contributed by atoms with Gasteiger partial charge in [0.2, 0.25) is 0 Å². The average molecular weight is 488 g/mol. The molecule has 2 N–H and O–H groups in total. The lowest BCUT2D eigenvalue weighted by Crippen LogP contribution is -2.37. The predicted octanol–water partition coefficient (Wildman–Crippen LogP) is 4.19. The van der Waals surface area contributed by atoms with Crippen molar-refractivity contribution in [3.05, 3.63) is 45.9 Å². The highest BCUT2D eigenvalue weighted by Gasteiger charge is 2.07. The molecule has 0 fully saturated rings. The third kappa shape index (κ3) is 7.11. The van der Waals surface area contributed by atoms with E-state index in [1.165, 1.54) is 10.6 Å². The van der Waals surface area contributed by atoms with Gasteiger partial charge in [-0.25, -0.2) is 4.98 Å². The largest absolute Gasteiger partial charge is 0.497 e. The van der Waals surface area contributed by atoms with Crippen molar-refractivity contribution in [3.8, 4) is 5.75 Å². The number of aromatic nitrogens is 1. The molecule has 0 bridgehead atoms. The number of hydrogen-bond acceptors (Lipinski definition) is 4. The number of methoxy groups -OCH3 is 1. The topological polar surface area (TPSA) is 58.5 Å². The summed E-state index contributed by atoms with van der Waals surface area (Å²) in [5.41, 5.74) is 2.39. The van der Waals surface area contributed by atoms with Crippen LogP contribution in [0, 0.1) is 0 Å². The molecule has 0 spiro atoms. The number of guanidine groups is 1. The van der Waals surface area contributed by atoms with Crippen LogP contribution in [-0.4, -0.2) is 31.6 Å². The molecule has 0 aliphatic heterocycles. The lowest BCUT2D eigenvalue weighted by Gasteiger charge is -2.15. The summed E-state index contributed by atoms with van der Waals surface area (Å²) in [7, 11) is 3.48. The maximum absolute atomic E-state index is 5.21. The van der Waals surface area contributed by atoms with E-state index in [0.717, 1.165) is 36.8 Å². The van der Waals surface area contributed by atoms with Crippen molar-refractivity contribution in [2.24, 2.45) is 4.99 Å². The Morgan fingerprint density at radius 1 is 1.27 bits per heavy atom. The molecule has 1 aromatic heterocycles. The number of aryl methyl sites for hydroxylation is 1. The number of nitrogens with zero attached hydrogens (tertiary/aromatic N) is 2. The standard InChI is InChI=1S/C19H28N4OS.HI/c1-5-18-23-16(13-25-18)12-22-19(20-3)21-11-10-14(2)15-6-8-17(24-4)9-7-15;/h6-9,13-14H,5,10-12H2,1-4H3,(H2,20,21,22);1H. The first-order valence-corrected chi connectivity index (χ1v) is 9.56. The Morgan fingerprint density at radius 3 is 2.58 bits per heavy atom. The Kier molecular flexibility index (Phi) is 10.6. The van der Waals surface area contributed by atoms with Crippen LogP contribution in [0.5, 0.6) is 5.75 Å². The van der Waals surface area contributed by atoms with Crippen LogP contribution in [0.2, 0.25) is 0 Å². The molecular weight excluding hydrogens is 459 g/mol. The Morgan fingerprint density at radius 2 is 2.00 bits per heavy atom. The van der Waals surface area contributed by atoms with Gasteiger partial charge in [-0.2, -0.15) is 0 Å². The first-order chi connectivity index (χ1) is 12.2. The number of halogens is 1. The van der Waals surface area contributed by atoms with E-state index in [2.05, 4.69) is 52.0 Å². The van der Waals surface area contributed by atoms with Gasteiger partial charge in [0.1, 0.15) is 5.75 Å². The van der Waals surface area contributed by atoms with Gasteiger partial charge >= 0.3 is 0 Å². The summed E-state index contributed by atoms with van der Waals surface area (Å²) in [6.45, 7) is 5.93. The second-order valence-electron chi connectivity index (χ2n) is 5.90. The fourth-order valence-electron chi connectivity index (χ4n) is 2.49. The summed E-state index contributed by atoms with van der Waals surface area (Å²) < 4.78 is 5.21. The number of nitrogens with one attached hydrogen (secondary N) is 2. The SMILES string of the molecule is CCc1nc(CNC(=NC)NCCC(C)c2ccc(OC)cc2)cs1.I. The van der Waals surface area contributed by atoms with Crippen LogP contribution in [0.1, 0.15) is 42.5 Å². The van der Waals surface area contributed by atoms with Crippen LogP contribution < -0.4 is 15.4 Å². The molecule has 0 radical (unpaired) electrons. The highest BCUT2D eigenvalue weighted by molar-refractivity contribution is 14.0. The van der Waals surface area contributed by atoms with Crippen molar-refractivity contribution in [1.82, 2.24) is 15.6 Å². The average Bonchev–Trinajstić information content (AvgIpc) is 3.12. The molecule has 144 valence electrons. The third-order valence-corrected chi connectivity index (χ3v) is 5.16. The van der Waals surface area contributed by atoms with Crippen LogP contribution in [-0.2, 0) is 13.0 Å². The summed E-state index contributed by atoms with van der Waals surface area (Å²) in [4.78, 5) is 8.84. The molecule has 0 amide bonds. The van der Waals surface area contributed by atoms with Gasteiger partial charge in [-0.3, -0.25) is 4.99 Å². The highest BCUT2D eigenvalue weighted by Crippen LogP contribution is 2.21. The lowest BCUT2D eigenvalue weighted by molar-refractivity contribution is 0.414. The molecule has 2 rings (SSSR count). The van der Waals surface area contributed by atoms with Gasteiger partial charge < -0.3 is 15.4 Å². The van der Waals surface area contributed by atoms with Crippen molar-refractivity contribution in [2.75, 3.05) is 20.7 Å². The van der Waals surface area contributed by atoms with Crippen molar-refractivity contribution < 1.29 is 4.74 Å². The zero-order valence-corrected chi connectivity index (χ0v) is 19.1. The number of ether oxygens (including phenoxy) is 1. The quantitative estimate of drug-likeness (QED) is 0.333. The Labute approximate surface area is 177 Å². The van der Waals surface area contributed by atoms with Crippen LogP contribution in [0.25, 0.3) is 0 Å². The minimum Gasteiger partial charge on any atom is -0.497 e. The highest BCUT2D eigenvalue weighted by atomic mass is 127. The first kappa shape index (κ1) is 22.7. The smallest absolute Gasteiger partial charge is 0.191 e. The molecule has 5 nitrogen and oxygen atoms in total. The lowest BCUT2D eigenvalue weighted by atomic mass is 9.98. The number of benzene rings is 1.